The van der Waals surface area contributed by atoms with Crippen LogP contribution in [0.3, 0.4) is 0 Å². The monoisotopic (exact) mass is 416 g/mol. The topological polar surface area (TPSA) is 31.4 Å². The van der Waals surface area contributed by atoms with Gasteiger partial charge in [0.25, 0.3) is 0 Å². The lowest BCUT2D eigenvalue weighted by Gasteiger charge is -2.28. The molecule has 1 aliphatic rings. The number of allylic oxidation sites excluding steroid dienone is 5. The van der Waals surface area contributed by atoms with Gasteiger partial charge >= 0.3 is 0 Å². The average molecular weight is 417 g/mol. The van der Waals surface area contributed by atoms with Gasteiger partial charge < -0.3 is 10.2 Å². The number of aromatic nitrogens is 1. The van der Waals surface area contributed by atoms with Crippen molar-refractivity contribution in [1.29, 1.82) is 0 Å². The highest BCUT2D eigenvalue weighted by Crippen LogP contribution is 2.38. The molecule has 2 rings (SSSR count). The van der Waals surface area contributed by atoms with E-state index in [1.165, 1.54) is 22.6 Å². The van der Waals surface area contributed by atoms with Crippen molar-refractivity contribution in [3.8, 4) is 0 Å². The highest BCUT2D eigenvalue weighted by Gasteiger charge is 2.26. The van der Waals surface area contributed by atoms with Crippen LogP contribution in [0, 0.1) is 0 Å². The van der Waals surface area contributed by atoms with Gasteiger partial charge in [-0.3, -0.25) is 9.88 Å². The Morgan fingerprint density at radius 3 is 2.41 bits per heavy atom. The van der Waals surface area contributed by atoms with Gasteiger partial charge in [0.15, 0.2) is 0 Å². The number of nitrogens with one attached hydrogen (secondary N) is 1. The molecule has 1 atom stereocenters. The second-order valence-electron chi connectivity index (χ2n) is 7.27. The number of hydrogen-bond donors (Lipinski definition) is 1. The van der Waals surface area contributed by atoms with E-state index in [2.05, 4.69) is 91.4 Å². The van der Waals surface area contributed by atoms with Crippen LogP contribution >= 0.6 is 11.8 Å². The molecule has 1 unspecified atom stereocenters. The van der Waals surface area contributed by atoms with Gasteiger partial charge in [-0.05, 0) is 78.0 Å². The zero-order chi connectivity index (χ0) is 21.5. The van der Waals surface area contributed by atoms with Crippen LogP contribution in [0.1, 0.15) is 52.5 Å². The van der Waals surface area contributed by atoms with Gasteiger partial charge in [-0.25, -0.2) is 0 Å². The van der Waals surface area contributed by atoms with Crippen LogP contribution in [0.2, 0.25) is 0 Å². The molecular formula is C24H40N4S. The fraction of sp³-hybridized carbons (Fsp3) is 0.542. The summed E-state index contributed by atoms with van der Waals surface area (Å²) < 4.78 is 0. The molecule has 162 valence electrons. The van der Waals surface area contributed by atoms with Crippen molar-refractivity contribution in [2.45, 2.75) is 52.5 Å². The Labute approximate surface area is 183 Å². The number of thioether (sulfide) groups is 1. The summed E-state index contributed by atoms with van der Waals surface area (Å²) in [6.07, 6.45) is 15.7. The molecule has 1 aromatic rings. The van der Waals surface area contributed by atoms with Crippen LogP contribution in [-0.4, -0.2) is 54.0 Å². The average Bonchev–Trinajstić information content (AvgIpc) is 3.11. The van der Waals surface area contributed by atoms with Crippen LogP contribution in [-0.2, 0) is 0 Å². The highest BCUT2D eigenvalue weighted by atomic mass is 32.2. The first-order chi connectivity index (χ1) is 14.0. The molecule has 5 heteroatoms. The highest BCUT2D eigenvalue weighted by molar-refractivity contribution is 8.09. The Hall–Kier alpha value is -1.56. The minimum Gasteiger partial charge on any atom is -0.364 e. The Kier molecular flexibility index (Phi) is 13.4. The van der Waals surface area contributed by atoms with Crippen LogP contribution in [0.15, 0.2) is 54.5 Å². The van der Waals surface area contributed by atoms with Crippen LogP contribution < -0.4 is 5.32 Å². The van der Waals surface area contributed by atoms with Crippen molar-refractivity contribution < 1.29 is 0 Å². The largest absolute Gasteiger partial charge is 0.364 e. The van der Waals surface area contributed by atoms with Crippen LogP contribution in [0.5, 0.6) is 0 Å². The summed E-state index contributed by atoms with van der Waals surface area (Å²) >= 11 is 1.92. The molecule has 0 saturated heterocycles. The molecule has 4 nitrogen and oxygen atoms in total. The molecule has 29 heavy (non-hydrogen) atoms. The van der Waals surface area contributed by atoms with Gasteiger partial charge in [-0.1, -0.05) is 49.9 Å². The third-order valence-corrected chi connectivity index (χ3v) is 5.97. The predicted molar refractivity (Wildman–Crippen MR) is 131 cm³/mol. The fourth-order valence-electron chi connectivity index (χ4n) is 2.94. The van der Waals surface area contributed by atoms with Crippen molar-refractivity contribution in [2.24, 2.45) is 0 Å². The molecule has 1 aromatic heterocycles. The van der Waals surface area contributed by atoms with E-state index in [0.717, 1.165) is 32.5 Å². The Balaban J connectivity index is 0.000000447. The standard InChI is InChI=1S/C16H26N4S.C8H14/c1-5-20(12-6-11-19(3)4)16-18-13(2)15(21-16)14-7-9-17-10-8-14;1-3-5-7-8-6-4-2/h7-10,16,18H,5-6,11-12H2,1-4H3;3,5-6,8H,4,7H2,1-2H3/b;5-3-,8-6-. The molecule has 1 aliphatic heterocycles. The summed E-state index contributed by atoms with van der Waals surface area (Å²) in [4.78, 5) is 10.2. The van der Waals surface area contributed by atoms with Crippen molar-refractivity contribution >= 4 is 16.7 Å². The molecule has 0 spiro atoms. The summed E-state index contributed by atoms with van der Waals surface area (Å²) in [5.41, 5.74) is 2.87. The number of pyridine rings is 1. The van der Waals surface area contributed by atoms with Gasteiger partial charge in [-0.15, -0.1) is 0 Å². The maximum atomic E-state index is 4.10. The first-order valence-corrected chi connectivity index (χ1v) is 11.6. The Bertz CT molecular complexity index is 638. The van der Waals surface area contributed by atoms with E-state index >= 15 is 0 Å². The Morgan fingerprint density at radius 2 is 1.83 bits per heavy atom. The van der Waals surface area contributed by atoms with Crippen molar-refractivity contribution in [2.75, 3.05) is 33.7 Å². The molecule has 0 aromatic carbocycles. The molecule has 0 bridgehead atoms. The third-order valence-electron chi connectivity index (χ3n) is 4.55. The molecule has 2 heterocycles. The second-order valence-corrected chi connectivity index (χ2v) is 8.36. The van der Waals surface area contributed by atoms with Crippen LogP contribution in [0.25, 0.3) is 4.91 Å². The lowest BCUT2D eigenvalue weighted by atomic mass is 10.2. The lowest BCUT2D eigenvalue weighted by Crippen LogP contribution is -2.41. The fourth-order valence-corrected chi connectivity index (χ4v) is 4.31. The van der Waals surface area contributed by atoms with Crippen molar-refractivity contribution in [1.82, 2.24) is 20.1 Å². The molecule has 0 amide bonds. The quantitative estimate of drug-likeness (QED) is 0.503. The van der Waals surface area contributed by atoms with E-state index in [0.29, 0.717) is 5.50 Å². The van der Waals surface area contributed by atoms with E-state index < -0.39 is 0 Å². The molecule has 0 radical (unpaired) electrons. The first kappa shape index (κ1) is 25.5. The van der Waals surface area contributed by atoms with Crippen molar-refractivity contribution in [3.05, 3.63) is 60.1 Å². The van der Waals surface area contributed by atoms with Gasteiger partial charge in [0.2, 0.25) is 0 Å². The summed E-state index contributed by atoms with van der Waals surface area (Å²) in [5.74, 6) is 0. The van der Waals surface area contributed by atoms with E-state index in [1.54, 1.807) is 0 Å². The molecule has 0 aliphatic carbocycles. The van der Waals surface area contributed by atoms with Crippen LogP contribution in [0.4, 0.5) is 0 Å². The zero-order valence-electron chi connectivity index (χ0n) is 19.2. The van der Waals surface area contributed by atoms with Gasteiger partial charge in [0, 0.05) is 29.5 Å². The van der Waals surface area contributed by atoms with E-state index in [4.69, 9.17) is 0 Å². The van der Waals surface area contributed by atoms with Crippen molar-refractivity contribution in [3.63, 3.8) is 0 Å². The minimum absolute atomic E-state index is 0.348. The summed E-state index contributed by atoms with van der Waals surface area (Å²) in [7, 11) is 4.26. The molecule has 1 N–H and O–H groups in total. The first-order valence-electron chi connectivity index (χ1n) is 10.7. The van der Waals surface area contributed by atoms with E-state index in [9.17, 15) is 0 Å². The van der Waals surface area contributed by atoms with Gasteiger partial charge in [0.05, 0.1) is 0 Å². The summed E-state index contributed by atoms with van der Waals surface area (Å²) in [6, 6.07) is 4.16. The second kappa shape index (κ2) is 15.3. The summed E-state index contributed by atoms with van der Waals surface area (Å²) in [6.45, 7) is 11.9. The van der Waals surface area contributed by atoms with Gasteiger partial charge in [0.1, 0.15) is 5.50 Å². The number of rotatable bonds is 10. The molecule has 0 fully saturated rings. The lowest BCUT2D eigenvalue weighted by molar-refractivity contribution is 0.237. The van der Waals surface area contributed by atoms with E-state index in [1.807, 2.05) is 31.1 Å². The minimum atomic E-state index is 0.348. The Morgan fingerprint density at radius 1 is 1.10 bits per heavy atom. The normalized spacial score (nSPS) is 16.8. The number of hydrogen-bond acceptors (Lipinski definition) is 5. The predicted octanol–water partition coefficient (Wildman–Crippen LogP) is 5.58. The smallest absolute Gasteiger partial charge is 0.132 e. The van der Waals surface area contributed by atoms with Gasteiger partial charge in [-0.2, -0.15) is 0 Å². The number of nitrogens with zero attached hydrogens (tertiary/aromatic N) is 3. The SMILES string of the molecule is C/C=C\C/C=C\CC.CCN(CCCN(C)C)C1NC(C)=C(c2ccncc2)S1. The molecule has 0 saturated carbocycles. The maximum Gasteiger partial charge on any atom is 0.132 e. The maximum absolute atomic E-state index is 4.10. The summed E-state index contributed by atoms with van der Waals surface area (Å²) in [5, 5.41) is 3.63. The third kappa shape index (κ3) is 10.2. The zero-order valence-corrected chi connectivity index (χ0v) is 20.0. The molecular weight excluding hydrogens is 376 g/mol. The van der Waals surface area contributed by atoms with E-state index in [-0.39, 0.29) is 0 Å².